The topological polar surface area (TPSA) is 63.6 Å². The fourth-order valence-electron chi connectivity index (χ4n) is 2.00. The minimum Gasteiger partial charge on any atom is -0.463 e. The molecule has 0 saturated heterocycles. The largest absolute Gasteiger partial charge is 0.463 e. The highest BCUT2D eigenvalue weighted by atomic mass is 19.4. The highest BCUT2D eigenvalue weighted by molar-refractivity contribution is 5.93. The third kappa shape index (κ3) is 2.48. The van der Waals surface area contributed by atoms with Gasteiger partial charge in [0, 0.05) is 12.4 Å². The van der Waals surface area contributed by atoms with Crippen LogP contribution >= 0.6 is 0 Å². The van der Waals surface area contributed by atoms with Crippen LogP contribution in [-0.2, 0) is 15.1 Å². The van der Waals surface area contributed by atoms with Crippen molar-refractivity contribution < 1.29 is 22.7 Å². The molecule has 0 radical (unpaired) electrons. The number of nitrogens with zero attached hydrogens (tertiary/aromatic N) is 2. The van der Waals surface area contributed by atoms with Crippen molar-refractivity contribution in [2.24, 2.45) is 4.99 Å². The van der Waals surface area contributed by atoms with E-state index in [1.54, 1.807) is 0 Å². The van der Waals surface area contributed by atoms with Gasteiger partial charge in [-0.15, -0.1) is 0 Å². The maximum atomic E-state index is 13.7. The Morgan fingerprint density at radius 2 is 2.19 bits per heavy atom. The molecule has 0 aliphatic carbocycles. The number of nitrogens with one attached hydrogen (secondary N) is 1. The quantitative estimate of drug-likeness (QED) is 0.866. The van der Waals surface area contributed by atoms with Crippen LogP contribution in [0, 0.1) is 0 Å². The first-order valence-corrected chi connectivity index (χ1v) is 6.09. The van der Waals surface area contributed by atoms with Crippen molar-refractivity contribution in [1.29, 1.82) is 0 Å². The zero-order valence-electron chi connectivity index (χ0n) is 11.0. The van der Waals surface area contributed by atoms with Gasteiger partial charge in [-0.1, -0.05) is 6.07 Å². The molecule has 1 aromatic heterocycles. The van der Waals surface area contributed by atoms with Crippen LogP contribution in [0.4, 0.5) is 13.2 Å². The molecule has 0 bridgehead atoms. The number of carbonyl (C=O) groups is 1. The summed E-state index contributed by atoms with van der Waals surface area (Å²) in [6, 6.07) is 4.05. The molecule has 1 aliphatic rings. The third-order valence-corrected chi connectivity index (χ3v) is 2.89. The van der Waals surface area contributed by atoms with Crippen molar-refractivity contribution >= 4 is 12.3 Å². The Kier molecular flexibility index (Phi) is 3.97. The van der Waals surface area contributed by atoms with Crippen molar-refractivity contribution in [3.8, 4) is 0 Å². The van der Waals surface area contributed by atoms with Crippen molar-refractivity contribution in [2.45, 2.75) is 18.6 Å². The first-order valence-electron chi connectivity index (χ1n) is 6.09. The Labute approximate surface area is 118 Å². The van der Waals surface area contributed by atoms with Crippen LogP contribution in [0.3, 0.4) is 0 Å². The molecule has 21 heavy (non-hydrogen) atoms. The van der Waals surface area contributed by atoms with E-state index < -0.39 is 29.0 Å². The van der Waals surface area contributed by atoms with E-state index in [1.807, 2.05) is 0 Å². The van der Waals surface area contributed by atoms with Crippen LogP contribution in [0.25, 0.3) is 0 Å². The zero-order valence-corrected chi connectivity index (χ0v) is 11.0. The van der Waals surface area contributed by atoms with Crippen molar-refractivity contribution in [3.63, 3.8) is 0 Å². The predicted octanol–water partition coefficient (Wildman–Crippen LogP) is 1.92. The van der Waals surface area contributed by atoms with Gasteiger partial charge in [0.15, 0.2) is 0 Å². The number of ether oxygens (including phenoxy) is 1. The highest BCUT2D eigenvalue weighted by Gasteiger charge is 2.62. The monoisotopic (exact) mass is 299 g/mol. The average Bonchev–Trinajstić information content (AvgIpc) is 2.47. The number of pyridine rings is 1. The first kappa shape index (κ1) is 15.0. The zero-order chi connectivity index (χ0) is 15.5. The molecule has 5 nitrogen and oxygen atoms in total. The van der Waals surface area contributed by atoms with Crippen molar-refractivity contribution in [2.75, 3.05) is 6.61 Å². The van der Waals surface area contributed by atoms with Gasteiger partial charge in [-0.3, -0.25) is 4.98 Å². The number of aliphatic imine (C=N–C) groups is 1. The van der Waals surface area contributed by atoms with Crippen molar-refractivity contribution in [3.05, 3.63) is 41.9 Å². The average molecular weight is 299 g/mol. The lowest BCUT2D eigenvalue weighted by atomic mass is 9.85. The second-order valence-corrected chi connectivity index (χ2v) is 4.13. The first-order chi connectivity index (χ1) is 9.93. The fourth-order valence-corrected chi connectivity index (χ4v) is 2.00. The summed E-state index contributed by atoms with van der Waals surface area (Å²) in [7, 11) is 0. The lowest BCUT2D eigenvalue weighted by Crippen LogP contribution is -2.48. The Balaban J connectivity index is 2.63. The highest BCUT2D eigenvalue weighted by Crippen LogP contribution is 2.47. The molecule has 1 unspecified atom stereocenters. The van der Waals surface area contributed by atoms with Gasteiger partial charge in [-0.2, -0.15) is 13.2 Å². The van der Waals surface area contributed by atoms with E-state index in [-0.39, 0.29) is 6.61 Å². The molecule has 2 heterocycles. The van der Waals surface area contributed by atoms with Crippen molar-refractivity contribution in [1.82, 2.24) is 10.3 Å². The lowest BCUT2D eigenvalue weighted by Gasteiger charge is -2.34. The maximum Gasteiger partial charge on any atom is 0.423 e. The summed E-state index contributed by atoms with van der Waals surface area (Å²) in [5.74, 6) is -1.09. The number of hydrogen-bond donors (Lipinski definition) is 1. The summed E-state index contributed by atoms with van der Waals surface area (Å²) in [6.45, 7) is 1.46. The van der Waals surface area contributed by atoms with Gasteiger partial charge in [0.2, 0.25) is 5.54 Å². The molecule has 112 valence electrons. The Morgan fingerprint density at radius 3 is 2.76 bits per heavy atom. The minimum absolute atomic E-state index is 0.0456. The number of halogens is 3. The Morgan fingerprint density at radius 1 is 1.43 bits per heavy atom. The molecule has 8 heteroatoms. The van der Waals surface area contributed by atoms with E-state index in [0.717, 1.165) is 12.5 Å². The van der Waals surface area contributed by atoms with Gasteiger partial charge in [-0.25, -0.2) is 9.79 Å². The number of hydrogen-bond acceptors (Lipinski definition) is 5. The normalized spacial score (nSPS) is 21.4. The summed E-state index contributed by atoms with van der Waals surface area (Å²) in [5.41, 5.74) is -3.92. The van der Waals surface area contributed by atoms with Crippen LogP contribution in [0.15, 0.2) is 41.2 Å². The third-order valence-electron chi connectivity index (χ3n) is 2.89. The van der Waals surface area contributed by atoms with E-state index >= 15 is 0 Å². The molecule has 1 aromatic rings. The molecular formula is C13H12F3N3O2. The second kappa shape index (κ2) is 5.55. The van der Waals surface area contributed by atoms with Gasteiger partial charge in [0.05, 0.1) is 24.2 Å². The number of esters is 1. The number of alkyl halides is 3. The van der Waals surface area contributed by atoms with Gasteiger partial charge in [-0.05, 0) is 19.1 Å². The molecule has 2 rings (SSSR count). The van der Waals surface area contributed by atoms with Gasteiger partial charge in [0.1, 0.15) is 0 Å². The van der Waals surface area contributed by atoms with Gasteiger partial charge in [0.25, 0.3) is 0 Å². The molecule has 0 saturated carbocycles. The molecule has 1 atom stereocenters. The van der Waals surface area contributed by atoms with Crippen LogP contribution in [-0.4, -0.2) is 30.1 Å². The number of aromatic nitrogens is 1. The summed E-state index contributed by atoms with van der Waals surface area (Å²) in [4.78, 5) is 19.1. The smallest absolute Gasteiger partial charge is 0.423 e. The Hall–Kier alpha value is -2.38. The van der Waals surface area contributed by atoms with E-state index in [9.17, 15) is 18.0 Å². The summed E-state index contributed by atoms with van der Waals surface area (Å²) >= 11 is 0. The fraction of sp³-hybridized carbons (Fsp3) is 0.308. The molecule has 0 spiro atoms. The SMILES string of the molecule is CCOC(=O)C1=CNC=NC1(c1ccccn1)C(F)(F)F. The van der Waals surface area contributed by atoms with Crippen LogP contribution < -0.4 is 5.32 Å². The number of rotatable bonds is 3. The lowest BCUT2D eigenvalue weighted by molar-refractivity contribution is -0.183. The van der Waals surface area contributed by atoms with E-state index in [0.29, 0.717) is 0 Å². The van der Waals surface area contributed by atoms with Gasteiger partial charge < -0.3 is 10.1 Å². The van der Waals surface area contributed by atoms with Crippen LogP contribution in [0.2, 0.25) is 0 Å². The van der Waals surface area contributed by atoms with E-state index in [4.69, 9.17) is 4.74 Å². The number of carbonyl (C=O) groups excluding carboxylic acids is 1. The molecule has 0 amide bonds. The predicted molar refractivity (Wildman–Crippen MR) is 68.3 cm³/mol. The van der Waals surface area contributed by atoms with Crippen LogP contribution in [0.5, 0.6) is 0 Å². The van der Waals surface area contributed by atoms with Gasteiger partial charge >= 0.3 is 12.1 Å². The van der Waals surface area contributed by atoms with Crippen LogP contribution in [0.1, 0.15) is 12.6 Å². The summed E-state index contributed by atoms with van der Waals surface area (Å²) in [5, 5.41) is 2.39. The molecule has 1 aliphatic heterocycles. The molecule has 0 aromatic carbocycles. The minimum atomic E-state index is -4.85. The standard InChI is InChI=1S/C13H12F3N3O2/c1-2-21-11(20)9-7-17-8-19-12(9,13(14,15)16)10-5-3-4-6-18-10/h3-8H,2H2,1H3,(H,17,19). The molecular weight excluding hydrogens is 287 g/mol. The summed E-state index contributed by atoms with van der Waals surface area (Å²) < 4.78 is 45.8. The van der Waals surface area contributed by atoms with E-state index in [1.165, 1.54) is 31.3 Å². The summed E-state index contributed by atoms with van der Waals surface area (Å²) in [6.07, 6.45) is -1.82. The van der Waals surface area contributed by atoms with E-state index in [2.05, 4.69) is 15.3 Å². The Bertz CT molecular complexity index is 584. The second-order valence-electron chi connectivity index (χ2n) is 4.13. The molecule has 0 fully saturated rings. The molecule has 1 N–H and O–H groups in total. The maximum absolute atomic E-state index is 13.7.